The standard InChI is InChI=1S/C13H18N2O2/c1-9-5-6-10(8-11(9)14)17-12-4-2-3-7-15-13(12)16/h5-6,8,12H,2-4,7,14H2,1H3,(H,15,16). The zero-order valence-electron chi connectivity index (χ0n) is 10.0. The Morgan fingerprint density at radius 1 is 1.41 bits per heavy atom. The smallest absolute Gasteiger partial charge is 0.261 e. The summed E-state index contributed by atoms with van der Waals surface area (Å²) in [5.74, 6) is 0.636. The number of rotatable bonds is 2. The molecule has 1 aromatic carbocycles. The molecule has 1 atom stereocenters. The van der Waals surface area contributed by atoms with E-state index in [4.69, 9.17) is 10.5 Å². The number of hydrogen-bond acceptors (Lipinski definition) is 3. The fourth-order valence-electron chi connectivity index (χ4n) is 1.88. The van der Waals surface area contributed by atoms with E-state index < -0.39 is 0 Å². The van der Waals surface area contributed by atoms with Crippen LogP contribution in [-0.4, -0.2) is 18.6 Å². The highest BCUT2D eigenvalue weighted by Gasteiger charge is 2.22. The van der Waals surface area contributed by atoms with Crippen molar-refractivity contribution in [3.63, 3.8) is 0 Å². The van der Waals surface area contributed by atoms with Crippen LogP contribution in [0.25, 0.3) is 0 Å². The van der Waals surface area contributed by atoms with E-state index in [1.807, 2.05) is 19.1 Å². The number of ether oxygens (including phenoxy) is 1. The molecule has 92 valence electrons. The van der Waals surface area contributed by atoms with E-state index in [1.54, 1.807) is 6.07 Å². The lowest BCUT2D eigenvalue weighted by atomic mass is 10.1. The molecule has 0 aliphatic carbocycles. The number of carbonyl (C=O) groups excluding carboxylic acids is 1. The first-order chi connectivity index (χ1) is 8.16. The molecule has 4 nitrogen and oxygen atoms in total. The first-order valence-corrected chi connectivity index (χ1v) is 5.97. The van der Waals surface area contributed by atoms with Crippen molar-refractivity contribution in [1.82, 2.24) is 5.32 Å². The van der Waals surface area contributed by atoms with Gasteiger partial charge in [-0.2, -0.15) is 0 Å². The van der Waals surface area contributed by atoms with Gasteiger partial charge in [-0.05, 0) is 37.8 Å². The lowest BCUT2D eigenvalue weighted by Gasteiger charge is -2.16. The van der Waals surface area contributed by atoms with Crippen LogP contribution in [0, 0.1) is 6.92 Å². The maximum absolute atomic E-state index is 11.7. The second-order valence-corrected chi connectivity index (χ2v) is 4.41. The number of anilines is 1. The van der Waals surface area contributed by atoms with Crippen LogP contribution < -0.4 is 15.8 Å². The lowest BCUT2D eigenvalue weighted by molar-refractivity contribution is -0.127. The van der Waals surface area contributed by atoms with Crippen molar-refractivity contribution in [2.24, 2.45) is 0 Å². The second-order valence-electron chi connectivity index (χ2n) is 4.41. The molecule has 3 N–H and O–H groups in total. The van der Waals surface area contributed by atoms with Crippen molar-refractivity contribution in [3.8, 4) is 5.75 Å². The monoisotopic (exact) mass is 234 g/mol. The van der Waals surface area contributed by atoms with Gasteiger partial charge in [-0.3, -0.25) is 4.79 Å². The lowest BCUT2D eigenvalue weighted by Crippen LogP contribution is -2.36. The maximum atomic E-state index is 11.7. The zero-order valence-corrected chi connectivity index (χ0v) is 10.0. The number of aryl methyl sites for hydroxylation is 1. The Kier molecular flexibility index (Phi) is 3.52. The van der Waals surface area contributed by atoms with Gasteiger partial charge in [-0.1, -0.05) is 6.07 Å². The first-order valence-electron chi connectivity index (χ1n) is 5.97. The van der Waals surface area contributed by atoms with Crippen LogP contribution in [0.2, 0.25) is 0 Å². The molecule has 0 radical (unpaired) electrons. The first kappa shape index (κ1) is 11.8. The van der Waals surface area contributed by atoms with E-state index >= 15 is 0 Å². The molecular formula is C13H18N2O2. The maximum Gasteiger partial charge on any atom is 0.261 e. The van der Waals surface area contributed by atoms with E-state index in [1.165, 1.54) is 0 Å². The van der Waals surface area contributed by atoms with Crippen molar-refractivity contribution < 1.29 is 9.53 Å². The minimum absolute atomic E-state index is 0.0263. The Hall–Kier alpha value is -1.71. The molecule has 0 bridgehead atoms. The van der Waals surface area contributed by atoms with Crippen molar-refractivity contribution in [2.45, 2.75) is 32.3 Å². The number of benzene rings is 1. The summed E-state index contributed by atoms with van der Waals surface area (Å²) in [4.78, 5) is 11.7. The third-order valence-corrected chi connectivity index (χ3v) is 3.01. The molecule has 0 aromatic heterocycles. The van der Waals surface area contributed by atoms with Crippen LogP contribution in [0.15, 0.2) is 18.2 Å². The van der Waals surface area contributed by atoms with Gasteiger partial charge in [0.1, 0.15) is 5.75 Å². The predicted molar refractivity (Wildman–Crippen MR) is 66.9 cm³/mol. The third-order valence-electron chi connectivity index (χ3n) is 3.01. The van der Waals surface area contributed by atoms with Crippen molar-refractivity contribution in [1.29, 1.82) is 0 Å². The summed E-state index contributed by atoms with van der Waals surface area (Å²) in [6.07, 6.45) is 2.39. The van der Waals surface area contributed by atoms with Crippen LogP contribution in [0.5, 0.6) is 5.75 Å². The summed E-state index contributed by atoms with van der Waals surface area (Å²) in [7, 11) is 0. The van der Waals surface area contributed by atoms with Gasteiger partial charge in [0, 0.05) is 18.3 Å². The molecule has 1 aromatic rings. The molecule has 1 aliphatic heterocycles. The normalized spacial score (nSPS) is 20.5. The van der Waals surface area contributed by atoms with E-state index in [9.17, 15) is 4.79 Å². The second kappa shape index (κ2) is 5.08. The Morgan fingerprint density at radius 2 is 2.24 bits per heavy atom. The Morgan fingerprint density at radius 3 is 3.00 bits per heavy atom. The van der Waals surface area contributed by atoms with Crippen molar-refractivity contribution >= 4 is 11.6 Å². The molecule has 0 saturated carbocycles. The third kappa shape index (κ3) is 2.90. The topological polar surface area (TPSA) is 64.3 Å². The van der Waals surface area contributed by atoms with Gasteiger partial charge < -0.3 is 15.8 Å². The molecule has 1 fully saturated rings. The largest absolute Gasteiger partial charge is 0.481 e. The van der Waals surface area contributed by atoms with Crippen LogP contribution >= 0.6 is 0 Å². The summed E-state index contributed by atoms with van der Waals surface area (Å²) in [5, 5.41) is 2.85. The van der Waals surface area contributed by atoms with Crippen LogP contribution in [0.3, 0.4) is 0 Å². The van der Waals surface area contributed by atoms with Crippen molar-refractivity contribution in [2.75, 3.05) is 12.3 Å². The summed E-state index contributed by atoms with van der Waals surface area (Å²) >= 11 is 0. The quantitative estimate of drug-likeness (QED) is 0.764. The molecule has 1 heterocycles. The molecule has 1 unspecified atom stereocenters. The predicted octanol–water partition coefficient (Wildman–Crippen LogP) is 1.62. The number of nitrogens with two attached hydrogens (primary N) is 1. The minimum Gasteiger partial charge on any atom is -0.481 e. The van der Waals surface area contributed by atoms with Gasteiger partial charge in [0.05, 0.1) is 0 Å². The average molecular weight is 234 g/mol. The number of nitrogen functional groups attached to an aromatic ring is 1. The summed E-state index contributed by atoms with van der Waals surface area (Å²) in [6, 6.07) is 5.52. The summed E-state index contributed by atoms with van der Waals surface area (Å²) in [5.41, 5.74) is 7.52. The molecule has 0 spiro atoms. The van der Waals surface area contributed by atoms with E-state index in [-0.39, 0.29) is 12.0 Å². The SMILES string of the molecule is Cc1ccc(OC2CCCCNC2=O)cc1N. The van der Waals surface area contributed by atoms with Crippen LogP contribution in [0.4, 0.5) is 5.69 Å². The molecule has 1 amide bonds. The van der Waals surface area contributed by atoms with Crippen LogP contribution in [-0.2, 0) is 4.79 Å². The zero-order chi connectivity index (χ0) is 12.3. The Balaban J connectivity index is 2.08. The Bertz CT molecular complexity index is 418. The highest BCUT2D eigenvalue weighted by Crippen LogP contribution is 2.21. The number of carbonyl (C=O) groups is 1. The van der Waals surface area contributed by atoms with E-state index in [2.05, 4.69) is 5.32 Å². The number of nitrogens with one attached hydrogen (secondary N) is 1. The molecule has 1 aliphatic rings. The summed E-state index contributed by atoms with van der Waals surface area (Å²) < 4.78 is 5.69. The van der Waals surface area contributed by atoms with E-state index in [0.717, 1.165) is 31.4 Å². The molecule has 17 heavy (non-hydrogen) atoms. The highest BCUT2D eigenvalue weighted by molar-refractivity contribution is 5.81. The van der Waals surface area contributed by atoms with Gasteiger partial charge in [0.15, 0.2) is 6.10 Å². The van der Waals surface area contributed by atoms with Gasteiger partial charge in [-0.25, -0.2) is 0 Å². The van der Waals surface area contributed by atoms with Gasteiger partial charge in [0.2, 0.25) is 0 Å². The van der Waals surface area contributed by atoms with Gasteiger partial charge >= 0.3 is 0 Å². The molecule has 1 saturated heterocycles. The van der Waals surface area contributed by atoms with Crippen molar-refractivity contribution in [3.05, 3.63) is 23.8 Å². The molecular weight excluding hydrogens is 216 g/mol. The van der Waals surface area contributed by atoms with Gasteiger partial charge in [-0.15, -0.1) is 0 Å². The molecule has 4 heteroatoms. The summed E-state index contributed by atoms with van der Waals surface area (Å²) in [6.45, 7) is 2.69. The average Bonchev–Trinajstić information content (AvgIpc) is 2.50. The van der Waals surface area contributed by atoms with E-state index in [0.29, 0.717) is 11.4 Å². The number of amides is 1. The number of hydrogen-bond donors (Lipinski definition) is 2. The fourth-order valence-corrected chi connectivity index (χ4v) is 1.88. The fraction of sp³-hybridized carbons (Fsp3) is 0.462. The highest BCUT2D eigenvalue weighted by atomic mass is 16.5. The minimum atomic E-state index is -0.389. The molecule has 2 rings (SSSR count). The van der Waals surface area contributed by atoms with Gasteiger partial charge in [0.25, 0.3) is 5.91 Å². The Labute approximate surface area is 101 Å². The van der Waals surface area contributed by atoms with Crippen LogP contribution in [0.1, 0.15) is 24.8 Å².